The summed E-state index contributed by atoms with van der Waals surface area (Å²) in [7, 11) is 0. The van der Waals surface area contributed by atoms with E-state index in [1.54, 1.807) is 18.2 Å². The molecule has 100 valence electrons. The van der Waals surface area contributed by atoms with Gasteiger partial charge in [-0.2, -0.15) is 13.2 Å². The Labute approximate surface area is 113 Å². The van der Waals surface area contributed by atoms with Crippen molar-refractivity contribution in [2.45, 2.75) is 30.9 Å². The SMILES string of the molecule is FC(F)(F)CN(c1cccc(Cl)c1CCl)C1CC1. The molecule has 1 fully saturated rings. The first-order valence-electron chi connectivity index (χ1n) is 5.59. The van der Waals surface area contributed by atoms with Gasteiger partial charge < -0.3 is 4.90 Å². The van der Waals surface area contributed by atoms with Crippen LogP contribution in [0.4, 0.5) is 18.9 Å². The average Bonchev–Trinajstić information content (AvgIpc) is 3.08. The Morgan fingerprint density at radius 3 is 2.44 bits per heavy atom. The summed E-state index contributed by atoms with van der Waals surface area (Å²) in [5.41, 5.74) is 1.06. The second-order valence-electron chi connectivity index (χ2n) is 4.35. The summed E-state index contributed by atoms with van der Waals surface area (Å²) < 4.78 is 37.8. The summed E-state index contributed by atoms with van der Waals surface area (Å²) in [5.74, 6) is 0.107. The first-order chi connectivity index (χ1) is 8.42. The maximum atomic E-state index is 12.6. The first kappa shape index (κ1) is 13.8. The quantitative estimate of drug-likeness (QED) is 0.734. The molecule has 1 aromatic carbocycles. The van der Waals surface area contributed by atoms with Crippen molar-refractivity contribution in [2.75, 3.05) is 11.4 Å². The molecule has 0 heterocycles. The molecule has 0 bridgehead atoms. The summed E-state index contributed by atoms with van der Waals surface area (Å²) in [6.07, 6.45) is -2.66. The van der Waals surface area contributed by atoms with Crippen molar-refractivity contribution in [3.05, 3.63) is 28.8 Å². The highest BCUT2D eigenvalue weighted by atomic mass is 35.5. The fraction of sp³-hybridized carbons (Fsp3) is 0.500. The molecule has 0 amide bonds. The third-order valence-electron chi connectivity index (χ3n) is 2.87. The van der Waals surface area contributed by atoms with Crippen LogP contribution in [0.15, 0.2) is 18.2 Å². The van der Waals surface area contributed by atoms with Gasteiger partial charge >= 0.3 is 6.18 Å². The number of alkyl halides is 4. The average molecular weight is 298 g/mol. The summed E-state index contributed by atoms with van der Waals surface area (Å²) in [6, 6.07) is 4.89. The molecule has 0 radical (unpaired) electrons. The molecule has 2 rings (SSSR count). The van der Waals surface area contributed by atoms with Gasteiger partial charge in [-0.1, -0.05) is 17.7 Å². The number of nitrogens with zero attached hydrogens (tertiary/aromatic N) is 1. The third kappa shape index (κ3) is 3.23. The van der Waals surface area contributed by atoms with Gasteiger partial charge in [0.2, 0.25) is 0 Å². The van der Waals surface area contributed by atoms with Crippen LogP contribution in [-0.4, -0.2) is 18.8 Å². The van der Waals surface area contributed by atoms with Gasteiger partial charge in [-0.15, -0.1) is 11.6 Å². The molecular weight excluding hydrogens is 286 g/mol. The lowest BCUT2D eigenvalue weighted by Crippen LogP contribution is -2.36. The summed E-state index contributed by atoms with van der Waals surface area (Å²) >= 11 is 11.8. The van der Waals surface area contributed by atoms with E-state index in [0.29, 0.717) is 16.3 Å². The number of hydrogen-bond acceptors (Lipinski definition) is 1. The number of rotatable bonds is 4. The molecule has 6 heteroatoms. The van der Waals surface area contributed by atoms with Crippen LogP contribution < -0.4 is 4.90 Å². The zero-order valence-corrected chi connectivity index (χ0v) is 11.0. The van der Waals surface area contributed by atoms with Crippen LogP contribution >= 0.6 is 23.2 Å². The molecule has 1 saturated carbocycles. The van der Waals surface area contributed by atoms with E-state index in [9.17, 15) is 13.2 Å². The maximum absolute atomic E-state index is 12.6. The molecule has 1 aliphatic carbocycles. The molecule has 0 N–H and O–H groups in total. The van der Waals surface area contributed by atoms with Crippen molar-refractivity contribution in [3.8, 4) is 0 Å². The molecule has 0 saturated heterocycles. The predicted octanol–water partition coefficient (Wildman–Crippen LogP) is 4.61. The fourth-order valence-electron chi connectivity index (χ4n) is 1.94. The van der Waals surface area contributed by atoms with Gasteiger partial charge in [0.1, 0.15) is 6.54 Å². The van der Waals surface area contributed by atoms with Gasteiger partial charge in [0.25, 0.3) is 0 Å². The molecule has 0 spiro atoms. The van der Waals surface area contributed by atoms with E-state index in [2.05, 4.69) is 0 Å². The normalized spacial score (nSPS) is 15.8. The Morgan fingerprint density at radius 2 is 1.94 bits per heavy atom. The van der Waals surface area contributed by atoms with Crippen LogP contribution in [0.5, 0.6) is 0 Å². The highest BCUT2D eigenvalue weighted by Gasteiger charge is 2.39. The van der Waals surface area contributed by atoms with Gasteiger partial charge in [0.15, 0.2) is 0 Å². The minimum atomic E-state index is -4.23. The maximum Gasteiger partial charge on any atom is 0.405 e. The van der Waals surface area contributed by atoms with E-state index in [0.717, 1.165) is 12.8 Å². The van der Waals surface area contributed by atoms with Crippen LogP contribution in [0.1, 0.15) is 18.4 Å². The standard InChI is InChI=1S/C12H12Cl2F3N/c13-6-9-10(14)2-1-3-11(9)18(8-4-5-8)7-12(15,16)17/h1-3,8H,4-7H2. The largest absolute Gasteiger partial charge is 0.405 e. The smallest absolute Gasteiger partial charge is 0.359 e. The molecule has 0 unspecified atom stereocenters. The Bertz CT molecular complexity index is 430. The second-order valence-corrected chi connectivity index (χ2v) is 5.02. The summed E-state index contributed by atoms with van der Waals surface area (Å²) in [5, 5.41) is 0.412. The first-order valence-corrected chi connectivity index (χ1v) is 6.50. The van der Waals surface area contributed by atoms with E-state index in [-0.39, 0.29) is 11.9 Å². The zero-order valence-electron chi connectivity index (χ0n) is 9.47. The number of halogens is 5. The Hall–Kier alpha value is -0.610. The summed E-state index contributed by atoms with van der Waals surface area (Å²) in [4.78, 5) is 1.36. The van der Waals surface area contributed by atoms with Gasteiger partial charge in [0, 0.05) is 22.3 Å². The third-order valence-corrected chi connectivity index (χ3v) is 3.50. The minimum absolute atomic E-state index is 0.0490. The Kier molecular flexibility index (Phi) is 3.97. The van der Waals surface area contributed by atoms with Crippen LogP contribution in [0.3, 0.4) is 0 Å². The molecule has 1 aromatic rings. The minimum Gasteiger partial charge on any atom is -0.359 e. The molecule has 18 heavy (non-hydrogen) atoms. The Balaban J connectivity index is 2.33. The van der Waals surface area contributed by atoms with Crippen molar-refractivity contribution >= 4 is 28.9 Å². The lowest BCUT2D eigenvalue weighted by Gasteiger charge is -2.28. The van der Waals surface area contributed by atoms with Crippen LogP contribution in [0, 0.1) is 0 Å². The molecule has 0 aromatic heterocycles. The van der Waals surface area contributed by atoms with Crippen LogP contribution in [0.2, 0.25) is 5.02 Å². The molecule has 1 aliphatic rings. The molecular formula is C12H12Cl2F3N. The van der Waals surface area contributed by atoms with Gasteiger partial charge in [0.05, 0.1) is 5.88 Å². The molecule has 1 nitrogen and oxygen atoms in total. The fourth-order valence-corrected chi connectivity index (χ4v) is 2.52. The van der Waals surface area contributed by atoms with Crippen molar-refractivity contribution in [1.29, 1.82) is 0 Å². The van der Waals surface area contributed by atoms with Crippen LogP contribution in [0.25, 0.3) is 0 Å². The second kappa shape index (κ2) is 5.17. The van der Waals surface area contributed by atoms with Crippen molar-refractivity contribution in [2.24, 2.45) is 0 Å². The highest BCUT2D eigenvalue weighted by Crippen LogP contribution is 2.38. The topological polar surface area (TPSA) is 3.24 Å². The number of benzene rings is 1. The van der Waals surface area contributed by atoms with E-state index < -0.39 is 12.7 Å². The van der Waals surface area contributed by atoms with E-state index in [4.69, 9.17) is 23.2 Å². The number of anilines is 1. The molecule has 0 atom stereocenters. The number of hydrogen-bond donors (Lipinski definition) is 0. The van der Waals surface area contributed by atoms with E-state index in [1.165, 1.54) is 4.90 Å². The van der Waals surface area contributed by atoms with Gasteiger partial charge in [-0.3, -0.25) is 0 Å². The predicted molar refractivity (Wildman–Crippen MR) is 67.4 cm³/mol. The van der Waals surface area contributed by atoms with Crippen molar-refractivity contribution in [3.63, 3.8) is 0 Å². The van der Waals surface area contributed by atoms with Crippen molar-refractivity contribution in [1.82, 2.24) is 0 Å². The summed E-state index contributed by atoms with van der Waals surface area (Å²) in [6.45, 7) is -0.956. The van der Waals surface area contributed by atoms with Gasteiger partial charge in [-0.05, 0) is 25.0 Å². The van der Waals surface area contributed by atoms with E-state index >= 15 is 0 Å². The lowest BCUT2D eigenvalue weighted by molar-refractivity contribution is -0.120. The van der Waals surface area contributed by atoms with Gasteiger partial charge in [-0.25, -0.2) is 0 Å². The monoisotopic (exact) mass is 297 g/mol. The highest BCUT2D eigenvalue weighted by molar-refractivity contribution is 6.32. The lowest BCUT2D eigenvalue weighted by atomic mass is 10.1. The van der Waals surface area contributed by atoms with Crippen LogP contribution in [-0.2, 0) is 5.88 Å². The van der Waals surface area contributed by atoms with Crippen molar-refractivity contribution < 1.29 is 13.2 Å². The molecule has 0 aliphatic heterocycles. The zero-order chi connectivity index (χ0) is 13.3. The Morgan fingerprint density at radius 1 is 1.28 bits per heavy atom. The van der Waals surface area contributed by atoms with E-state index in [1.807, 2.05) is 0 Å².